The van der Waals surface area contributed by atoms with Crippen molar-refractivity contribution in [1.82, 2.24) is 9.80 Å². The number of nitrogens with zero attached hydrogens (tertiary/aromatic N) is 2. The predicted octanol–water partition coefficient (Wildman–Crippen LogP) is 0.623. The van der Waals surface area contributed by atoms with Crippen molar-refractivity contribution >= 4 is 11.8 Å². The minimum atomic E-state index is -0.195. The molecule has 0 aliphatic carbocycles. The van der Waals surface area contributed by atoms with Crippen LogP contribution in [0.4, 0.5) is 0 Å². The summed E-state index contributed by atoms with van der Waals surface area (Å²) in [4.78, 5) is 27.5. The van der Waals surface area contributed by atoms with Gasteiger partial charge in [0.1, 0.15) is 6.04 Å². The van der Waals surface area contributed by atoms with E-state index in [1.54, 1.807) is 16.7 Å². The molecule has 0 aromatic rings. The normalized spacial score (nSPS) is 24.2. The molecule has 0 bridgehead atoms. The average molecular weight is 234 g/mol. The van der Waals surface area contributed by atoms with E-state index in [2.05, 4.69) is 11.8 Å². The molecule has 1 unspecified atom stereocenters. The summed E-state index contributed by atoms with van der Waals surface area (Å²) in [5, 5.41) is 0. The lowest BCUT2D eigenvalue weighted by molar-refractivity contribution is -0.157. The quantitative estimate of drug-likeness (QED) is 0.657. The Morgan fingerprint density at radius 3 is 2.94 bits per heavy atom. The van der Waals surface area contributed by atoms with Crippen LogP contribution in [0.1, 0.15) is 32.6 Å². The zero-order chi connectivity index (χ0) is 12.3. The summed E-state index contributed by atoms with van der Waals surface area (Å²) >= 11 is 0. The third-order valence-corrected chi connectivity index (χ3v) is 3.43. The van der Waals surface area contributed by atoms with E-state index < -0.39 is 0 Å². The van der Waals surface area contributed by atoms with Crippen LogP contribution in [0.3, 0.4) is 0 Å². The molecule has 2 aliphatic rings. The highest BCUT2D eigenvalue weighted by Crippen LogP contribution is 2.22. The van der Waals surface area contributed by atoms with Gasteiger partial charge in [0.25, 0.3) is 0 Å². The second-order valence-corrected chi connectivity index (χ2v) is 4.54. The molecule has 17 heavy (non-hydrogen) atoms. The zero-order valence-electron chi connectivity index (χ0n) is 10.2. The first kappa shape index (κ1) is 12.0. The molecule has 92 valence electrons. The first-order valence-electron chi connectivity index (χ1n) is 6.22. The Bertz CT molecular complexity index is 381. The van der Waals surface area contributed by atoms with Crippen molar-refractivity contribution in [3.05, 3.63) is 0 Å². The molecule has 2 heterocycles. The van der Waals surface area contributed by atoms with E-state index in [0.29, 0.717) is 13.0 Å². The number of piperidine rings is 1. The second kappa shape index (κ2) is 5.22. The predicted molar refractivity (Wildman–Crippen MR) is 64.0 cm³/mol. The van der Waals surface area contributed by atoms with Gasteiger partial charge in [-0.1, -0.05) is 0 Å². The molecule has 0 N–H and O–H groups in total. The van der Waals surface area contributed by atoms with E-state index >= 15 is 0 Å². The number of hydrogen-bond donors (Lipinski definition) is 0. The minimum Gasteiger partial charge on any atom is -0.331 e. The number of rotatable bonds is 2. The van der Waals surface area contributed by atoms with Crippen LogP contribution in [-0.4, -0.2) is 47.3 Å². The molecular weight excluding hydrogens is 216 g/mol. The molecule has 2 rings (SSSR count). The van der Waals surface area contributed by atoms with Crippen LogP contribution in [0.5, 0.6) is 0 Å². The first-order valence-corrected chi connectivity index (χ1v) is 6.22. The van der Waals surface area contributed by atoms with Crippen molar-refractivity contribution in [2.45, 2.75) is 38.6 Å². The smallest absolute Gasteiger partial charge is 0.245 e. The van der Waals surface area contributed by atoms with Crippen LogP contribution in [0.15, 0.2) is 0 Å². The average Bonchev–Trinajstić information content (AvgIpc) is 2.36. The number of carbonyl (C=O) groups excluding carboxylic acids is 2. The van der Waals surface area contributed by atoms with Gasteiger partial charge < -0.3 is 9.80 Å². The van der Waals surface area contributed by atoms with Crippen molar-refractivity contribution in [3.63, 3.8) is 0 Å². The molecule has 2 saturated heterocycles. The number of hydrogen-bond acceptors (Lipinski definition) is 2. The third-order valence-electron chi connectivity index (χ3n) is 3.43. The molecule has 0 spiro atoms. The van der Waals surface area contributed by atoms with E-state index in [1.807, 2.05) is 0 Å². The minimum absolute atomic E-state index is 0.0961. The fourth-order valence-corrected chi connectivity index (χ4v) is 2.53. The molecule has 0 saturated carbocycles. The largest absolute Gasteiger partial charge is 0.331 e. The summed E-state index contributed by atoms with van der Waals surface area (Å²) in [5.74, 6) is 5.95. The van der Waals surface area contributed by atoms with Crippen LogP contribution in [0, 0.1) is 11.8 Å². The highest BCUT2D eigenvalue weighted by molar-refractivity contribution is 5.95. The van der Waals surface area contributed by atoms with E-state index in [0.717, 1.165) is 25.8 Å². The Kier molecular flexibility index (Phi) is 3.68. The third kappa shape index (κ3) is 2.44. The maximum absolute atomic E-state index is 12.2. The molecule has 1 atom stereocenters. The molecule has 2 amide bonds. The fraction of sp³-hybridized carbons (Fsp3) is 0.692. The summed E-state index contributed by atoms with van der Waals surface area (Å²) in [6, 6.07) is -0.195. The molecule has 2 aliphatic heterocycles. The van der Waals surface area contributed by atoms with Gasteiger partial charge in [-0.3, -0.25) is 9.59 Å². The monoisotopic (exact) mass is 234 g/mol. The Morgan fingerprint density at radius 1 is 1.35 bits per heavy atom. The molecule has 0 aromatic carbocycles. The van der Waals surface area contributed by atoms with Gasteiger partial charge in [0.15, 0.2) is 0 Å². The van der Waals surface area contributed by atoms with E-state index in [9.17, 15) is 9.59 Å². The number of piperazine rings is 1. The number of carbonyl (C=O) groups is 2. The zero-order valence-corrected chi connectivity index (χ0v) is 10.2. The molecule has 2 fully saturated rings. The fourth-order valence-electron chi connectivity index (χ4n) is 2.53. The van der Waals surface area contributed by atoms with Crippen molar-refractivity contribution in [2.75, 3.05) is 19.6 Å². The van der Waals surface area contributed by atoms with Crippen molar-refractivity contribution < 1.29 is 9.59 Å². The van der Waals surface area contributed by atoms with E-state index in [4.69, 9.17) is 0 Å². The molecule has 4 nitrogen and oxygen atoms in total. The van der Waals surface area contributed by atoms with Gasteiger partial charge in [-0.2, -0.15) is 0 Å². The lowest BCUT2D eigenvalue weighted by Crippen LogP contribution is -2.61. The SMILES string of the molecule is CC#CCCN1CC(=O)N2CCCCC2C1=O. The van der Waals surface area contributed by atoms with Crippen molar-refractivity contribution in [2.24, 2.45) is 0 Å². The summed E-state index contributed by atoms with van der Waals surface area (Å²) in [6.45, 7) is 3.35. The molecule has 0 radical (unpaired) electrons. The van der Waals surface area contributed by atoms with Crippen molar-refractivity contribution in [3.8, 4) is 11.8 Å². The maximum atomic E-state index is 12.2. The summed E-state index contributed by atoms with van der Waals surface area (Å²) < 4.78 is 0. The lowest BCUT2D eigenvalue weighted by atomic mass is 9.98. The molecule has 4 heteroatoms. The topological polar surface area (TPSA) is 40.6 Å². The van der Waals surface area contributed by atoms with Gasteiger partial charge in [-0.05, 0) is 26.2 Å². The van der Waals surface area contributed by atoms with Gasteiger partial charge >= 0.3 is 0 Å². The Hall–Kier alpha value is -1.50. The van der Waals surface area contributed by atoms with Gasteiger partial charge in [-0.15, -0.1) is 11.8 Å². The molecular formula is C13H18N2O2. The summed E-state index contributed by atoms with van der Waals surface area (Å²) in [6.07, 6.45) is 3.54. The van der Waals surface area contributed by atoms with Crippen LogP contribution in [0.25, 0.3) is 0 Å². The lowest BCUT2D eigenvalue weighted by Gasteiger charge is -2.42. The summed E-state index contributed by atoms with van der Waals surface area (Å²) in [7, 11) is 0. The molecule has 0 aromatic heterocycles. The van der Waals surface area contributed by atoms with Crippen LogP contribution in [0.2, 0.25) is 0 Å². The van der Waals surface area contributed by atoms with Crippen molar-refractivity contribution in [1.29, 1.82) is 0 Å². The van der Waals surface area contributed by atoms with Gasteiger partial charge in [-0.25, -0.2) is 0 Å². The van der Waals surface area contributed by atoms with Crippen LogP contribution in [-0.2, 0) is 9.59 Å². The Morgan fingerprint density at radius 2 is 2.18 bits per heavy atom. The second-order valence-electron chi connectivity index (χ2n) is 4.54. The Balaban J connectivity index is 2.02. The van der Waals surface area contributed by atoms with E-state index in [-0.39, 0.29) is 24.4 Å². The van der Waals surface area contributed by atoms with Gasteiger partial charge in [0, 0.05) is 19.5 Å². The Labute approximate surface area is 102 Å². The van der Waals surface area contributed by atoms with Crippen LogP contribution < -0.4 is 0 Å². The summed E-state index contributed by atoms with van der Waals surface area (Å²) in [5.41, 5.74) is 0. The van der Waals surface area contributed by atoms with Gasteiger partial charge in [0.05, 0.1) is 6.54 Å². The van der Waals surface area contributed by atoms with Gasteiger partial charge in [0.2, 0.25) is 11.8 Å². The first-order chi connectivity index (χ1) is 8.24. The standard InChI is InChI=1S/C13H18N2O2/c1-2-3-5-8-14-10-12(16)15-9-6-4-7-11(15)13(14)17/h11H,4-10H2,1H3. The number of fused-ring (bicyclic) bond motifs is 1. The maximum Gasteiger partial charge on any atom is 0.245 e. The van der Waals surface area contributed by atoms with E-state index in [1.165, 1.54) is 0 Å². The highest BCUT2D eigenvalue weighted by atomic mass is 16.2. The number of amides is 2. The van der Waals surface area contributed by atoms with Crippen LogP contribution >= 0.6 is 0 Å². The highest BCUT2D eigenvalue weighted by Gasteiger charge is 2.39.